The van der Waals surface area contributed by atoms with Crippen LogP contribution in [0.1, 0.15) is 147 Å². The Balaban J connectivity index is 1.21. The molecule has 5 aromatic rings. The molecule has 0 amide bonds. The van der Waals surface area contributed by atoms with E-state index < -0.39 is 0 Å². The van der Waals surface area contributed by atoms with Gasteiger partial charge in [-0.25, -0.2) is 0 Å². The molecule has 4 bridgehead atoms. The Morgan fingerprint density at radius 3 is 1.44 bits per heavy atom. The Morgan fingerprint density at radius 1 is 0.404 bits per heavy atom. The van der Waals surface area contributed by atoms with Crippen molar-refractivity contribution in [2.75, 3.05) is 4.90 Å². The molecule has 0 saturated heterocycles. The molecule has 0 N–H and O–H groups in total. The summed E-state index contributed by atoms with van der Waals surface area (Å²) in [5.74, 6) is 3.32. The van der Waals surface area contributed by atoms with Gasteiger partial charge in [0, 0.05) is 22.4 Å². The Bertz CT molecular complexity index is 2330. The molecule has 7 aliphatic carbocycles. The van der Waals surface area contributed by atoms with E-state index in [-0.39, 0.29) is 27.1 Å². The van der Waals surface area contributed by atoms with E-state index in [1.807, 2.05) is 0 Å². The SMILES string of the molecule is CC1(C)CCC(C)(C)c2cc(N(c3ccc4c(c3)C(C)(C)CCC4(C)C)c3cc4c(cc3-c3ccccc3)C3(c5ccccc5-4)C4CC5CC(C4)CC3C5)ccc21. The van der Waals surface area contributed by atoms with E-state index in [0.717, 1.165) is 23.7 Å². The maximum atomic E-state index is 2.73. The summed E-state index contributed by atoms with van der Waals surface area (Å²) in [6.07, 6.45) is 11.9. The Morgan fingerprint density at radius 2 is 0.895 bits per heavy atom. The molecular weight excluding hydrogens is 687 g/mol. The minimum atomic E-state index is 0.111. The fourth-order valence-electron chi connectivity index (χ4n) is 14.1. The number of hydrogen-bond acceptors (Lipinski definition) is 1. The number of fused-ring (bicyclic) bond motifs is 5. The van der Waals surface area contributed by atoms with Crippen LogP contribution in [0, 0.1) is 23.7 Å². The summed E-state index contributed by atoms with van der Waals surface area (Å²) in [6, 6.07) is 41.6. The first-order valence-corrected chi connectivity index (χ1v) is 22.6. The summed E-state index contributed by atoms with van der Waals surface area (Å²) in [5.41, 5.74) is 19.5. The van der Waals surface area contributed by atoms with Crippen LogP contribution in [0.4, 0.5) is 17.1 Å². The third-order valence-electron chi connectivity index (χ3n) is 17.2. The van der Waals surface area contributed by atoms with Crippen molar-refractivity contribution in [3.05, 3.63) is 137 Å². The highest BCUT2D eigenvalue weighted by Crippen LogP contribution is 2.70. The zero-order chi connectivity index (χ0) is 39.3. The van der Waals surface area contributed by atoms with Crippen molar-refractivity contribution in [2.45, 2.75) is 140 Å². The van der Waals surface area contributed by atoms with Gasteiger partial charge in [0.05, 0.1) is 5.69 Å². The lowest BCUT2D eigenvalue weighted by atomic mass is 9.43. The molecule has 1 heteroatoms. The van der Waals surface area contributed by atoms with Crippen LogP contribution in [0.5, 0.6) is 0 Å². The molecule has 0 aromatic heterocycles. The van der Waals surface area contributed by atoms with Gasteiger partial charge in [-0.1, -0.05) is 122 Å². The van der Waals surface area contributed by atoms with Gasteiger partial charge in [-0.15, -0.1) is 0 Å². The first-order chi connectivity index (χ1) is 27.2. The molecule has 0 aliphatic heterocycles. The number of nitrogens with zero attached hydrogens (tertiary/aromatic N) is 1. The summed E-state index contributed by atoms with van der Waals surface area (Å²) >= 11 is 0. The molecule has 0 atom stereocenters. The summed E-state index contributed by atoms with van der Waals surface area (Å²) in [4.78, 5) is 2.68. The highest BCUT2D eigenvalue weighted by molar-refractivity contribution is 5.95. The van der Waals surface area contributed by atoms with Gasteiger partial charge < -0.3 is 4.90 Å². The summed E-state index contributed by atoms with van der Waals surface area (Å²) in [5, 5.41) is 0. The van der Waals surface area contributed by atoms with Crippen LogP contribution in [0.25, 0.3) is 22.3 Å². The molecule has 1 nitrogen and oxygen atoms in total. The predicted octanol–water partition coefficient (Wildman–Crippen LogP) is 15.2. The monoisotopic (exact) mass is 749 g/mol. The second kappa shape index (κ2) is 12.0. The van der Waals surface area contributed by atoms with E-state index in [1.165, 1.54) is 119 Å². The summed E-state index contributed by atoms with van der Waals surface area (Å²) in [7, 11) is 0. The molecule has 5 aromatic carbocycles. The Labute approximate surface area is 343 Å². The van der Waals surface area contributed by atoms with Gasteiger partial charge in [-0.2, -0.15) is 0 Å². The standard InChI is InChI=1S/C56H63N/c1-52(2)22-24-54(5,6)49-31-40(18-20-46(49)52)57(41-19-21-47-50(32-41)55(7,8)25-23-53(47,3)4)51-34-44-42-16-12-13-17-45(42)56(38-27-35-26-36(29-38)30-39(56)28-35)48(44)33-43(51)37-14-10-9-11-15-37/h9-21,31-36,38-39H,22-30H2,1-8H3. The van der Waals surface area contributed by atoms with Crippen molar-refractivity contribution < 1.29 is 0 Å². The van der Waals surface area contributed by atoms with E-state index in [9.17, 15) is 0 Å². The van der Waals surface area contributed by atoms with Crippen molar-refractivity contribution in [3.8, 4) is 22.3 Å². The molecule has 4 saturated carbocycles. The highest BCUT2D eigenvalue weighted by atomic mass is 15.1. The quantitative estimate of drug-likeness (QED) is 0.177. The zero-order valence-corrected chi connectivity index (χ0v) is 35.9. The van der Waals surface area contributed by atoms with Crippen LogP contribution < -0.4 is 4.90 Å². The summed E-state index contributed by atoms with van der Waals surface area (Å²) in [6.45, 7) is 19.7. The van der Waals surface area contributed by atoms with Crippen LogP contribution in [0.3, 0.4) is 0 Å². The lowest BCUT2D eigenvalue weighted by Gasteiger charge is -2.61. The van der Waals surface area contributed by atoms with Gasteiger partial charge in [0.1, 0.15) is 0 Å². The fourth-order valence-corrected chi connectivity index (χ4v) is 14.1. The number of benzene rings is 5. The molecule has 4 fully saturated rings. The highest BCUT2D eigenvalue weighted by Gasteiger charge is 2.61. The maximum Gasteiger partial charge on any atom is 0.0546 e. The van der Waals surface area contributed by atoms with Gasteiger partial charge in [-0.05, 0) is 190 Å². The average molecular weight is 750 g/mol. The van der Waals surface area contributed by atoms with Crippen molar-refractivity contribution in [2.24, 2.45) is 23.7 Å². The number of rotatable bonds is 4. The van der Waals surface area contributed by atoms with Crippen molar-refractivity contribution in [1.82, 2.24) is 0 Å². The van der Waals surface area contributed by atoms with Gasteiger partial charge in [0.2, 0.25) is 0 Å². The minimum absolute atomic E-state index is 0.111. The number of hydrogen-bond donors (Lipinski definition) is 0. The van der Waals surface area contributed by atoms with Gasteiger partial charge in [-0.3, -0.25) is 0 Å². The van der Waals surface area contributed by atoms with Crippen LogP contribution in [-0.2, 0) is 27.1 Å². The second-order valence-electron chi connectivity index (χ2n) is 22.3. The Kier molecular flexibility index (Phi) is 7.58. The van der Waals surface area contributed by atoms with Gasteiger partial charge >= 0.3 is 0 Å². The molecule has 0 unspecified atom stereocenters. The van der Waals surface area contributed by atoms with E-state index in [2.05, 4.69) is 163 Å². The second-order valence-corrected chi connectivity index (χ2v) is 22.3. The molecule has 7 aliphatic rings. The minimum Gasteiger partial charge on any atom is -0.310 e. The first kappa shape index (κ1) is 36.0. The van der Waals surface area contributed by atoms with Gasteiger partial charge in [0.25, 0.3) is 0 Å². The molecule has 0 radical (unpaired) electrons. The van der Waals surface area contributed by atoms with Crippen molar-refractivity contribution in [3.63, 3.8) is 0 Å². The maximum absolute atomic E-state index is 2.73. The lowest BCUT2D eigenvalue weighted by Crippen LogP contribution is -2.55. The van der Waals surface area contributed by atoms with Gasteiger partial charge in [0.15, 0.2) is 0 Å². The molecule has 0 heterocycles. The largest absolute Gasteiger partial charge is 0.310 e. The average Bonchev–Trinajstić information content (AvgIpc) is 3.47. The van der Waals surface area contributed by atoms with Crippen molar-refractivity contribution >= 4 is 17.1 Å². The van der Waals surface area contributed by atoms with E-state index >= 15 is 0 Å². The predicted molar refractivity (Wildman–Crippen MR) is 240 cm³/mol. The summed E-state index contributed by atoms with van der Waals surface area (Å²) < 4.78 is 0. The van der Waals surface area contributed by atoms with Crippen LogP contribution in [0.2, 0.25) is 0 Å². The molecular formula is C56H63N. The number of anilines is 3. The third-order valence-corrected chi connectivity index (χ3v) is 17.2. The smallest absolute Gasteiger partial charge is 0.0546 e. The lowest BCUT2D eigenvalue weighted by molar-refractivity contribution is -0.0399. The van der Waals surface area contributed by atoms with E-state index in [1.54, 1.807) is 11.1 Å². The zero-order valence-electron chi connectivity index (χ0n) is 35.9. The third kappa shape index (κ3) is 5.12. The van der Waals surface area contributed by atoms with Crippen molar-refractivity contribution in [1.29, 1.82) is 0 Å². The van der Waals surface area contributed by atoms with Crippen LogP contribution >= 0.6 is 0 Å². The molecule has 57 heavy (non-hydrogen) atoms. The molecule has 1 spiro atoms. The van der Waals surface area contributed by atoms with Crippen LogP contribution in [0.15, 0.2) is 103 Å². The van der Waals surface area contributed by atoms with Crippen LogP contribution in [-0.4, -0.2) is 0 Å². The van der Waals surface area contributed by atoms with E-state index in [0.29, 0.717) is 0 Å². The first-order valence-electron chi connectivity index (χ1n) is 22.6. The molecule has 292 valence electrons. The fraction of sp³-hybridized carbons (Fsp3) is 0.464. The Hall–Kier alpha value is -4.10. The van der Waals surface area contributed by atoms with E-state index in [4.69, 9.17) is 0 Å². The topological polar surface area (TPSA) is 3.24 Å². The molecule has 12 rings (SSSR count). The normalized spacial score (nSPS) is 28.7.